The van der Waals surface area contributed by atoms with Crippen molar-refractivity contribution in [2.75, 3.05) is 23.4 Å². The third-order valence-electron chi connectivity index (χ3n) is 5.19. The summed E-state index contributed by atoms with van der Waals surface area (Å²) < 4.78 is 0. The zero-order chi connectivity index (χ0) is 21.1. The van der Waals surface area contributed by atoms with Gasteiger partial charge < -0.3 is 15.2 Å². The Bertz CT molecular complexity index is 1170. The van der Waals surface area contributed by atoms with Gasteiger partial charge in [0, 0.05) is 30.9 Å². The predicted octanol–water partition coefficient (Wildman–Crippen LogP) is 2.81. The number of hydrogen-bond acceptors (Lipinski definition) is 5. The third-order valence-corrected chi connectivity index (χ3v) is 6.05. The Morgan fingerprint density at radius 2 is 2.13 bits per heavy atom. The van der Waals surface area contributed by atoms with E-state index in [1.165, 1.54) is 0 Å². The van der Waals surface area contributed by atoms with E-state index in [4.69, 9.17) is 0 Å². The second-order valence-corrected chi connectivity index (χ2v) is 8.30. The Kier molecular flexibility index (Phi) is 5.85. The van der Waals surface area contributed by atoms with Crippen LogP contribution in [-0.2, 0) is 17.8 Å². The van der Waals surface area contributed by atoms with Crippen molar-refractivity contribution in [3.05, 3.63) is 69.8 Å². The number of carbonyl (C=O) groups is 2. The van der Waals surface area contributed by atoms with E-state index in [0.717, 1.165) is 22.2 Å². The summed E-state index contributed by atoms with van der Waals surface area (Å²) in [6.45, 7) is 2.91. The molecule has 0 bridgehead atoms. The molecule has 3 heterocycles. The van der Waals surface area contributed by atoms with Gasteiger partial charge in [-0.1, -0.05) is 13.0 Å². The molecule has 3 aromatic rings. The summed E-state index contributed by atoms with van der Waals surface area (Å²) >= 11 is 1.59. The summed E-state index contributed by atoms with van der Waals surface area (Å²) in [5.41, 5.74) is 2.57. The average Bonchev–Trinajstić information content (AvgIpc) is 2.77. The Morgan fingerprint density at radius 3 is 2.97 bits per heavy atom. The standard InChI is InChI=1S/C22H22N4O3S/c1-2-30-13-19(27)26-10-8-15-14(12-26)11-24-21(28)20(15)22(29)25-18-7-3-6-17-16(18)5-4-9-23-17/h3-7,9,11H,2,8,10,12-13H2,1H3,(H,24,28)(H,25,29). The summed E-state index contributed by atoms with van der Waals surface area (Å²) in [6.07, 6.45) is 3.78. The molecule has 0 saturated heterocycles. The van der Waals surface area contributed by atoms with Crippen LogP contribution < -0.4 is 10.9 Å². The number of thioether (sulfide) groups is 1. The first-order chi connectivity index (χ1) is 14.6. The average molecular weight is 423 g/mol. The number of benzene rings is 1. The summed E-state index contributed by atoms with van der Waals surface area (Å²) in [6, 6.07) is 9.15. The molecule has 7 nitrogen and oxygen atoms in total. The number of amides is 2. The van der Waals surface area contributed by atoms with Crippen molar-refractivity contribution in [2.24, 2.45) is 0 Å². The van der Waals surface area contributed by atoms with Crippen LogP contribution in [0.5, 0.6) is 0 Å². The van der Waals surface area contributed by atoms with Gasteiger partial charge in [0.25, 0.3) is 11.5 Å². The molecule has 0 aliphatic carbocycles. The largest absolute Gasteiger partial charge is 0.337 e. The maximum Gasteiger partial charge on any atom is 0.261 e. The Balaban J connectivity index is 1.62. The van der Waals surface area contributed by atoms with Gasteiger partial charge in [-0.3, -0.25) is 19.4 Å². The maximum atomic E-state index is 13.1. The van der Waals surface area contributed by atoms with Crippen molar-refractivity contribution >= 4 is 40.2 Å². The summed E-state index contributed by atoms with van der Waals surface area (Å²) in [4.78, 5) is 46.7. The summed E-state index contributed by atoms with van der Waals surface area (Å²) in [7, 11) is 0. The number of rotatable bonds is 5. The quantitative estimate of drug-likeness (QED) is 0.659. The van der Waals surface area contributed by atoms with Crippen molar-refractivity contribution in [3.63, 3.8) is 0 Å². The third kappa shape index (κ3) is 3.95. The zero-order valence-electron chi connectivity index (χ0n) is 16.6. The molecule has 154 valence electrons. The molecule has 2 N–H and O–H groups in total. The highest BCUT2D eigenvalue weighted by molar-refractivity contribution is 7.99. The number of H-pyrrole nitrogens is 1. The fourth-order valence-corrected chi connectivity index (χ4v) is 4.26. The molecular formula is C22H22N4O3S. The highest BCUT2D eigenvalue weighted by Gasteiger charge is 2.26. The van der Waals surface area contributed by atoms with Crippen molar-refractivity contribution in [3.8, 4) is 0 Å². The molecule has 0 unspecified atom stereocenters. The van der Waals surface area contributed by atoms with Crippen molar-refractivity contribution in [1.29, 1.82) is 0 Å². The monoisotopic (exact) mass is 422 g/mol. The van der Waals surface area contributed by atoms with Gasteiger partial charge in [-0.15, -0.1) is 0 Å². The van der Waals surface area contributed by atoms with E-state index < -0.39 is 11.5 Å². The SMILES string of the molecule is CCSCC(=O)N1CCc2c(c[nH]c(=O)c2C(=O)Nc2cccc3ncccc23)C1. The lowest BCUT2D eigenvalue weighted by Gasteiger charge is -2.29. The molecule has 0 fully saturated rings. The zero-order valence-corrected chi connectivity index (χ0v) is 17.4. The Hall–Kier alpha value is -3.13. The van der Waals surface area contributed by atoms with E-state index >= 15 is 0 Å². The van der Waals surface area contributed by atoms with Gasteiger partial charge in [-0.25, -0.2) is 0 Å². The van der Waals surface area contributed by atoms with Crippen LogP contribution in [0.15, 0.2) is 47.5 Å². The van der Waals surface area contributed by atoms with Crippen molar-refractivity contribution in [1.82, 2.24) is 14.9 Å². The molecule has 0 spiro atoms. The summed E-state index contributed by atoms with van der Waals surface area (Å²) in [5, 5.41) is 3.68. The van der Waals surface area contributed by atoms with E-state index in [1.54, 1.807) is 41.2 Å². The molecule has 0 radical (unpaired) electrons. The molecule has 4 rings (SSSR count). The van der Waals surface area contributed by atoms with Crippen LogP contribution in [0.3, 0.4) is 0 Å². The number of pyridine rings is 2. The molecule has 0 atom stereocenters. The molecule has 1 aliphatic rings. The van der Waals surface area contributed by atoms with E-state index in [-0.39, 0.29) is 11.5 Å². The minimum atomic E-state index is -0.453. The van der Waals surface area contributed by atoms with Crippen LogP contribution in [0, 0.1) is 0 Å². The van der Waals surface area contributed by atoms with Crippen LogP contribution in [0.2, 0.25) is 0 Å². The van der Waals surface area contributed by atoms with Crippen LogP contribution >= 0.6 is 11.8 Å². The number of nitrogens with one attached hydrogen (secondary N) is 2. The molecule has 2 aromatic heterocycles. The fourth-order valence-electron chi connectivity index (χ4n) is 3.70. The van der Waals surface area contributed by atoms with Gasteiger partial charge in [0.1, 0.15) is 5.56 Å². The molecule has 0 saturated carbocycles. The first kappa shape index (κ1) is 20.2. The van der Waals surface area contributed by atoms with Gasteiger partial charge in [0.05, 0.1) is 17.0 Å². The van der Waals surface area contributed by atoms with Crippen molar-refractivity contribution < 1.29 is 9.59 Å². The van der Waals surface area contributed by atoms with Gasteiger partial charge in [0.15, 0.2) is 0 Å². The maximum absolute atomic E-state index is 13.1. The fraction of sp³-hybridized carbons (Fsp3) is 0.273. The number of fused-ring (bicyclic) bond motifs is 2. The van der Waals surface area contributed by atoms with Crippen LogP contribution in [-0.4, -0.2) is 44.7 Å². The molecule has 1 aromatic carbocycles. The number of carbonyl (C=O) groups excluding carboxylic acids is 2. The van der Waals surface area contributed by atoms with E-state index in [2.05, 4.69) is 15.3 Å². The summed E-state index contributed by atoms with van der Waals surface area (Å²) in [5.74, 6) is 0.952. The van der Waals surface area contributed by atoms with E-state index in [0.29, 0.717) is 36.5 Å². The highest BCUT2D eigenvalue weighted by Crippen LogP contribution is 2.24. The van der Waals surface area contributed by atoms with Crippen molar-refractivity contribution in [2.45, 2.75) is 19.9 Å². The van der Waals surface area contributed by atoms with Crippen LogP contribution in [0.4, 0.5) is 5.69 Å². The predicted molar refractivity (Wildman–Crippen MR) is 119 cm³/mol. The minimum absolute atomic E-state index is 0.0768. The van der Waals surface area contributed by atoms with Gasteiger partial charge in [-0.05, 0) is 47.6 Å². The molecule has 1 aliphatic heterocycles. The lowest BCUT2D eigenvalue weighted by molar-refractivity contribution is -0.129. The van der Waals surface area contributed by atoms with Crippen LogP contribution in [0.25, 0.3) is 10.9 Å². The number of anilines is 1. The lowest BCUT2D eigenvalue weighted by atomic mass is 9.96. The molecule has 30 heavy (non-hydrogen) atoms. The minimum Gasteiger partial charge on any atom is -0.337 e. The second-order valence-electron chi connectivity index (χ2n) is 7.03. The number of aromatic nitrogens is 2. The normalized spacial score (nSPS) is 13.2. The highest BCUT2D eigenvalue weighted by atomic mass is 32.2. The molecular weight excluding hydrogens is 400 g/mol. The smallest absolute Gasteiger partial charge is 0.261 e. The van der Waals surface area contributed by atoms with Gasteiger partial charge in [-0.2, -0.15) is 11.8 Å². The second kappa shape index (κ2) is 8.71. The Labute approximate surface area is 177 Å². The van der Waals surface area contributed by atoms with Gasteiger partial charge in [0.2, 0.25) is 5.91 Å². The first-order valence-electron chi connectivity index (χ1n) is 9.82. The van der Waals surface area contributed by atoms with E-state index in [9.17, 15) is 14.4 Å². The van der Waals surface area contributed by atoms with E-state index in [1.807, 2.05) is 25.1 Å². The number of nitrogens with zero attached hydrogens (tertiary/aromatic N) is 2. The molecule has 8 heteroatoms. The van der Waals surface area contributed by atoms with Gasteiger partial charge >= 0.3 is 0 Å². The number of hydrogen-bond donors (Lipinski definition) is 2. The van der Waals surface area contributed by atoms with Crippen LogP contribution in [0.1, 0.15) is 28.4 Å². The topological polar surface area (TPSA) is 95.2 Å². The molecule has 2 amide bonds. The first-order valence-corrected chi connectivity index (χ1v) is 11.0. The Morgan fingerprint density at radius 1 is 1.27 bits per heavy atom. The lowest BCUT2D eigenvalue weighted by Crippen LogP contribution is -2.39. The number of aromatic amines is 1.